The van der Waals surface area contributed by atoms with Gasteiger partial charge in [0.15, 0.2) is 0 Å². The Kier molecular flexibility index (Phi) is 5.03. The van der Waals surface area contributed by atoms with Gasteiger partial charge in [-0.15, -0.1) is 0 Å². The van der Waals surface area contributed by atoms with E-state index in [1.807, 2.05) is 45.0 Å². The molecule has 0 aliphatic carbocycles. The summed E-state index contributed by atoms with van der Waals surface area (Å²) in [5.41, 5.74) is 9.59. The largest absolute Gasteiger partial charge is 0.348 e. The van der Waals surface area contributed by atoms with Crippen LogP contribution in [0.25, 0.3) is 0 Å². The number of hydrogen-bond acceptors (Lipinski definition) is 2. The molecule has 1 unspecified atom stereocenters. The molecular formula is C18H25N3O. The van der Waals surface area contributed by atoms with E-state index in [4.69, 9.17) is 5.73 Å². The number of hydrogen-bond donors (Lipinski definition) is 2. The Morgan fingerprint density at radius 2 is 1.86 bits per heavy atom. The van der Waals surface area contributed by atoms with Crippen molar-refractivity contribution in [1.29, 1.82) is 0 Å². The maximum atomic E-state index is 12.4. The number of nitrogens with zero attached hydrogens (tertiary/aromatic N) is 1. The van der Waals surface area contributed by atoms with Gasteiger partial charge in [-0.3, -0.25) is 4.79 Å². The minimum atomic E-state index is -0.0578. The van der Waals surface area contributed by atoms with E-state index >= 15 is 0 Å². The van der Waals surface area contributed by atoms with Gasteiger partial charge in [-0.2, -0.15) is 0 Å². The lowest BCUT2D eigenvalue weighted by Gasteiger charge is -2.19. The summed E-state index contributed by atoms with van der Waals surface area (Å²) in [5, 5.41) is 2.93. The van der Waals surface area contributed by atoms with Gasteiger partial charge in [0.05, 0.1) is 11.6 Å². The lowest BCUT2D eigenvalue weighted by atomic mass is 10.1. The van der Waals surface area contributed by atoms with Crippen LogP contribution >= 0.6 is 0 Å². The van der Waals surface area contributed by atoms with Gasteiger partial charge in [0.1, 0.15) is 0 Å². The van der Waals surface area contributed by atoms with E-state index in [2.05, 4.69) is 28.9 Å². The predicted octanol–water partition coefficient (Wildman–Crippen LogP) is 2.79. The monoisotopic (exact) mass is 299 g/mol. The quantitative estimate of drug-likeness (QED) is 0.892. The Bertz CT molecular complexity index is 646. The third-order valence-corrected chi connectivity index (χ3v) is 4.13. The third-order valence-electron chi connectivity index (χ3n) is 4.13. The minimum absolute atomic E-state index is 0.0258. The Hall–Kier alpha value is -2.07. The molecule has 2 aromatic rings. The average molecular weight is 299 g/mol. The van der Waals surface area contributed by atoms with Crippen molar-refractivity contribution in [2.45, 2.75) is 39.8 Å². The number of aryl methyl sites for hydroxylation is 1. The van der Waals surface area contributed by atoms with Crippen LogP contribution in [0.4, 0.5) is 0 Å². The molecule has 0 saturated carbocycles. The Morgan fingerprint density at radius 3 is 2.45 bits per heavy atom. The van der Waals surface area contributed by atoms with Crippen molar-refractivity contribution in [1.82, 2.24) is 9.88 Å². The first kappa shape index (κ1) is 16.3. The fraction of sp³-hybridized carbons (Fsp3) is 0.389. The van der Waals surface area contributed by atoms with E-state index in [0.717, 1.165) is 17.0 Å². The van der Waals surface area contributed by atoms with Crippen LogP contribution in [0.2, 0.25) is 0 Å². The number of carbonyl (C=O) groups is 1. The summed E-state index contributed by atoms with van der Waals surface area (Å²) in [4.78, 5) is 12.4. The highest BCUT2D eigenvalue weighted by molar-refractivity contribution is 5.95. The lowest BCUT2D eigenvalue weighted by molar-refractivity contribution is 0.0940. The lowest BCUT2D eigenvalue weighted by Crippen LogP contribution is -2.38. The fourth-order valence-electron chi connectivity index (χ4n) is 2.84. The van der Waals surface area contributed by atoms with Crippen molar-refractivity contribution in [3.8, 4) is 0 Å². The smallest absolute Gasteiger partial charge is 0.253 e. The van der Waals surface area contributed by atoms with Crippen molar-refractivity contribution >= 4 is 5.91 Å². The van der Waals surface area contributed by atoms with Crippen LogP contribution in [0.3, 0.4) is 0 Å². The zero-order chi connectivity index (χ0) is 16.3. The van der Waals surface area contributed by atoms with Crippen molar-refractivity contribution in [2.75, 3.05) is 6.54 Å². The Balaban J connectivity index is 2.33. The molecule has 0 aliphatic rings. The molecular weight excluding hydrogens is 274 g/mol. The number of rotatable bonds is 5. The van der Waals surface area contributed by atoms with Gasteiger partial charge in [-0.25, -0.2) is 0 Å². The first-order chi connectivity index (χ1) is 10.5. The van der Waals surface area contributed by atoms with Gasteiger partial charge in [-0.05, 0) is 39.3 Å². The number of benzene rings is 1. The second-order valence-corrected chi connectivity index (χ2v) is 5.85. The van der Waals surface area contributed by atoms with E-state index in [9.17, 15) is 4.79 Å². The first-order valence-electron chi connectivity index (χ1n) is 7.70. The summed E-state index contributed by atoms with van der Waals surface area (Å²) in [6.07, 6.45) is 0. The first-order valence-corrected chi connectivity index (χ1v) is 7.70. The number of aromatic nitrogens is 1. The van der Waals surface area contributed by atoms with Crippen LogP contribution in [-0.4, -0.2) is 23.1 Å². The molecule has 0 aliphatic heterocycles. The molecule has 1 amide bonds. The fourth-order valence-corrected chi connectivity index (χ4v) is 2.84. The second kappa shape index (κ2) is 6.79. The molecule has 4 heteroatoms. The third kappa shape index (κ3) is 3.22. The van der Waals surface area contributed by atoms with Crippen molar-refractivity contribution in [3.63, 3.8) is 0 Å². The van der Waals surface area contributed by atoms with Crippen LogP contribution in [0, 0.1) is 13.8 Å². The number of nitrogens with one attached hydrogen (secondary N) is 1. The summed E-state index contributed by atoms with van der Waals surface area (Å²) in [6.45, 7) is 8.53. The highest BCUT2D eigenvalue weighted by Gasteiger charge is 2.20. The summed E-state index contributed by atoms with van der Waals surface area (Å²) >= 11 is 0. The van der Waals surface area contributed by atoms with Gasteiger partial charge in [0, 0.05) is 24.0 Å². The molecule has 3 N–H and O–H groups in total. The predicted molar refractivity (Wildman–Crippen MR) is 90.1 cm³/mol. The van der Waals surface area contributed by atoms with Crippen molar-refractivity contribution in [2.24, 2.45) is 5.73 Å². The molecule has 1 aromatic heterocycles. The van der Waals surface area contributed by atoms with Crippen LogP contribution in [0.1, 0.15) is 47.2 Å². The SMILES string of the molecule is Cc1cc(C(=O)N[C@@H](C)CN)c(C)n1C(C)c1ccccc1. The second-order valence-electron chi connectivity index (χ2n) is 5.85. The molecule has 0 radical (unpaired) electrons. The molecule has 0 fully saturated rings. The maximum absolute atomic E-state index is 12.4. The molecule has 0 spiro atoms. The van der Waals surface area contributed by atoms with Crippen molar-refractivity contribution < 1.29 is 4.79 Å². The molecule has 22 heavy (non-hydrogen) atoms. The van der Waals surface area contributed by atoms with E-state index in [-0.39, 0.29) is 18.0 Å². The molecule has 1 aromatic carbocycles. The average Bonchev–Trinajstić information content (AvgIpc) is 2.82. The standard InChI is InChI=1S/C18H25N3O/c1-12(11-19)20-18(22)17-10-13(2)21(15(17)4)14(3)16-8-6-5-7-9-16/h5-10,12,14H,11,19H2,1-4H3,(H,20,22)/t12-,14?/m0/s1. The van der Waals surface area contributed by atoms with Crippen LogP contribution in [-0.2, 0) is 0 Å². The van der Waals surface area contributed by atoms with Gasteiger partial charge in [0.2, 0.25) is 0 Å². The Morgan fingerprint density at radius 1 is 1.23 bits per heavy atom. The van der Waals surface area contributed by atoms with Crippen LogP contribution in [0.5, 0.6) is 0 Å². The van der Waals surface area contributed by atoms with Crippen LogP contribution in [0.15, 0.2) is 36.4 Å². The summed E-state index contributed by atoms with van der Waals surface area (Å²) in [7, 11) is 0. The van der Waals surface area contributed by atoms with Crippen LogP contribution < -0.4 is 11.1 Å². The van der Waals surface area contributed by atoms with Gasteiger partial charge in [0.25, 0.3) is 5.91 Å². The molecule has 2 rings (SSSR count). The normalized spacial score (nSPS) is 13.7. The topological polar surface area (TPSA) is 60.1 Å². The highest BCUT2D eigenvalue weighted by Crippen LogP contribution is 2.25. The molecule has 1 heterocycles. The number of nitrogens with two attached hydrogens (primary N) is 1. The highest BCUT2D eigenvalue weighted by atomic mass is 16.1. The maximum Gasteiger partial charge on any atom is 0.253 e. The Labute approximate surface area is 132 Å². The molecule has 0 bridgehead atoms. The zero-order valence-electron chi connectivity index (χ0n) is 13.8. The molecule has 2 atom stereocenters. The zero-order valence-corrected chi connectivity index (χ0v) is 13.8. The molecule has 0 saturated heterocycles. The van der Waals surface area contributed by atoms with E-state index < -0.39 is 0 Å². The number of carbonyl (C=O) groups excluding carboxylic acids is 1. The van der Waals surface area contributed by atoms with E-state index in [0.29, 0.717) is 6.54 Å². The summed E-state index contributed by atoms with van der Waals surface area (Å²) < 4.78 is 2.21. The van der Waals surface area contributed by atoms with E-state index in [1.165, 1.54) is 5.56 Å². The number of amides is 1. The van der Waals surface area contributed by atoms with Crippen molar-refractivity contribution in [3.05, 3.63) is 58.9 Å². The summed E-state index contributed by atoms with van der Waals surface area (Å²) in [5.74, 6) is -0.0578. The summed E-state index contributed by atoms with van der Waals surface area (Å²) in [6, 6.07) is 12.4. The van der Waals surface area contributed by atoms with Gasteiger partial charge < -0.3 is 15.6 Å². The van der Waals surface area contributed by atoms with E-state index in [1.54, 1.807) is 0 Å². The molecule has 4 nitrogen and oxygen atoms in total. The molecule has 118 valence electrons. The minimum Gasteiger partial charge on any atom is -0.348 e. The van der Waals surface area contributed by atoms with Gasteiger partial charge in [-0.1, -0.05) is 30.3 Å². The van der Waals surface area contributed by atoms with Gasteiger partial charge >= 0.3 is 0 Å².